The van der Waals surface area contributed by atoms with Crippen LogP contribution < -0.4 is 5.32 Å². The highest BCUT2D eigenvalue weighted by Gasteiger charge is 2.34. The Labute approximate surface area is 131 Å². The fourth-order valence-corrected chi connectivity index (χ4v) is 2.03. The van der Waals surface area contributed by atoms with Gasteiger partial charge in [0, 0.05) is 13.1 Å². The van der Waals surface area contributed by atoms with Gasteiger partial charge >= 0.3 is 12.2 Å². The molecule has 7 nitrogen and oxygen atoms in total. The minimum Gasteiger partial charge on any atom is -0.444 e. The van der Waals surface area contributed by atoms with Crippen LogP contribution in [-0.2, 0) is 9.47 Å². The molecule has 0 spiro atoms. The van der Waals surface area contributed by atoms with E-state index in [1.807, 2.05) is 0 Å². The number of likely N-dealkylation sites (tertiary alicyclic amines) is 1. The van der Waals surface area contributed by atoms with Gasteiger partial charge in [0.15, 0.2) is 0 Å². The molecule has 1 fully saturated rings. The molecule has 0 aromatic carbocycles. The summed E-state index contributed by atoms with van der Waals surface area (Å²) in [7, 11) is 0. The first-order valence-corrected chi connectivity index (χ1v) is 7.53. The zero-order valence-electron chi connectivity index (χ0n) is 14.3. The zero-order chi connectivity index (χ0) is 17.1. The number of nitrogens with one attached hydrogen (secondary N) is 1. The van der Waals surface area contributed by atoms with E-state index in [1.54, 1.807) is 41.5 Å². The lowest BCUT2D eigenvalue weighted by Crippen LogP contribution is -2.57. The van der Waals surface area contributed by atoms with Crippen molar-refractivity contribution in [2.24, 2.45) is 0 Å². The van der Waals surface area contributed by atoms with E-state index in [-0.39, 0.29) is 6.54 Å². The van der Waals surface area contributed by atoms with E-state index in [0.717, 1.165) is 0 Å². The second-order valence-corrected chi connectivity index (χ2v) is 7.54. The van der Waals surface area contributed by atoms with Crippen molar-refractivity contribution >= 4 is 12.2 Å². The number of hydrogen-bond donors (Lipinski definition) is 2. The molecule has 2 amide bonds. The molecule has 2 atom stereocenters. The molecule has 1 heterocycles. The van der Waals surface area contributed by atoms with E-state index in [2.05, 4.69) is 5.32 Å². The van der Waals surface area contributed by atoms with E-state index in [0.29, 0.717) is 13.0 Å². The lowest BCUT2D eigenvalue weighted by Gasteiger charge is -2.37. The van der Waals surface area contributed by atoms with Gasteiger partial charge in [-0.3, -0.25) is 0 Å². The Morgan fingerprint density at radius 2 is 1.64 bits per heavy atom. The summed E-state index contributed by atoms with van der Waals surface area (Å²) in [5, 5.41) is 12.6. The Hall–Kier alpha value is -1.50. The Morgan fingerprint density at radius 3 is 2.14 bits per heavy atom. The summed E-state index contributed by atoms with van der Waals surface area (Å²) in [4.78, 5) is 25.3. The fraction of sp³-hybridized carbons (Fsp3) is 0.867. The summed E-state index contributed by atoms with van der Waals surface area (Å²) in [6, 6.07) is -0.573. The van der Waals surface area contributed by atoms with Gasteiger partial charge in [0.05, 0.1) is 12.1 Å². The van der Waals surface area contributed by atoms with Gasteiger partial charge in [0.25, 0.3) is 0 Å². The number of amides is 2. The second kappa shape index (κ2) is 6.73. The number of aliphatic hydroxyl groups is 1. The summed E-state index contributed by atoms with van der Waals surface area (Å²) in [5.74, 6) is 0. The smallest absolute Gasteiger partial charge is 0.410 e. The van der Waals surface area contributed by atoms with E-state index in [4.69, 9.17) is 9.47 Å². The molecule has 0 aromatic heterocycles. The highest BCUT2D eigenvalue weighted by Crippen LogP contribution is 2.16. The van der Waals surface area contributed by atoms with Crippen molar-refractivity contribution < 1.29 is 24.2 Å². The molecule has 128 valence electrons. The molecule has 0 aromatic rings. The van der Waals surface area contributed by atoms with Gasteiger partial charge in [-0.1, -0.05) is 0 Å². The van der Waals surface area contributed by atoms with Crippen molar-refractivity contribution in [3.8, 4) is 0 Å². The molecule has 1 aliphatic heterocycles. The minimum atomic E-state index is -0.716. The maximum absolute atomic E-state index is 12.1. The SMILES string of the molecule is CC(C)(C)OC(=O)NC1CN(C(=O)OC(C)(C)C)CCC1O. The quantitative estimate of drug-likeness (QED) is 0.771. The van der Waals surface area contributed by atoms with Crippen LogP contribution in [0.15, 0.2) is 0 Å². The van der Waals surface area contributed by atoms with E-state index < -0.39 is 35.5 Å². The molecule has 0 radical (unpaired) electrons. The van der Waals surface area contributed by atoms with Crippen LogP contribution in [0.3, 0.4) is 0 Å². The van der Waals surface area contributed by atoms with Crippen LogP contribution in [0.4, 0.5) is 9.59 Å². The van der Waals surface area contributed by atoms with Gasteiger partial charge in [-0.15, -0.1) is 0 Å². The number of alkyl carbamates (subject to hydrolysis) is 1. The van der Waals surface area contributed by atoms with Gasteiger partial charge in [-0.25, -0.2) is 9.59 Å². The third-order valence-electron chi connectivity index (χ3n) is 2.93. The standard InChI is InChI=1S/C15H28N2O5/c1-14(2,3)21-12(19)16-10-9-17(8-7-11(10)18)13(20)22-15(4,5)6/h10-11,18H,7-9H2,1-6H3,(H,16,19). The van der Waals surface area contributed by atoms with E-state index in [1.165, 1.54) is 4.90 Å². The van der Waals surface area contributed by atoms with Crippen molar-refractivity contribution in [2.45, 2.75) is 71.3 Å². The maximum atomic E-state index is 12.1. The van der Waals surface area contributed by atoms with Crippen LogP contribution in [-0.4, -0.2) is 58.6 Å². The Kier molecular flexibility index (Phi) is 5.67. The number of ether oxygens (including phenoxy) is 2. The average Bonchev–Trinajstić information content (AvgIpc) is 2.27. The molecule has 7 heteroatoms. The Morgan fingerprint density at radius 1 is 1.09 bits per heavy atom. The predicted molar refractivity (Wildman–Crippen MR) is 81.6 cm³/mol. The fourth-order valence-electron chi connectivity index (χ4n) is 2.03. The first kappa shape index (κ1) is 18.5. The molecule has 1 rings (SSSR count). The third kappa shape index (κ3) is 6.51. The monoisotopic (exact) mass is 316 g/mol. The number of aliphatic hydroxyl groups excluding tert-OH is 1. The first-order chi connectivity index (χ1) is 9.87. The molecule has 0 aliphatic carbocycles. The summed E-state index contributed by atoms with van der Waals surface area (Å²) < 4.78 is 10.5. The van der Waals surface area contributed by atoms with Crippen LogP contribution in [0.1, 0.15) is 48.0 Å². The summed E-state index contributed by atoms with van der Waals surface area (Å²) in [5.41, 5.74) is -1.20. The molecule has 22 heavy (non-hydrogen) atoms. The van der Waals surface area contributed by atoms with Crippen LogP contribution >= 0.6 is 0 Å². The van der Waals surface area contributed by atoms with Crippen molar-refractivity contribution in [3.05, 3.63) is 0 Å². The van der Waals surface area contributed by atoms with Gasteiger partial charge in [0.1, 0.15) is 11.2 Å². The number of carbonyl (C=O) groups excluding carboxylic acids is 2. The van der Waals surface area contributed by atoms with Crippen LogP contribution in [0.5, 0.6) is 0 Å². The van der Waals surface area contributed by atoms with Gasteiger partial charge < -0.3 is 24.8 Å². The molecule has 1 aliphatic rings. The van der Waals surface area contributed by atoms with E-state index in [9.17, 15) is 14.7 Å². The predicted octanol–water partition coefficient (Wildman–Crippen LogP) is 1.88. The topological polar surface area (TPSA) is 88.1 Å². The highest BCUT2D eigenvalue weighted by molar-refractivity contribution is 5.70. The van der Waals surface area contributed by atoms with Crippen molar-refractivity contribution in [3.63, 3.8) is 0 Å². The molecule has 2 N–H and O–H groups in total. The van der Waals surface area contributed by atoms with E-state index >= 15 is 0 Å². The summed E-state index contributed by atoms with van der Waals surface area (Å²) in [6.07, 6.45) is -1.40. The Balaban J connectivity index is 2.60. The molecule has 1 saturated heterocycles. The molecular weight excluding hydrogens is 288 g/mol. The third-order valence-corrected chi connectivity index (χ3v) is 2.93. The first-order valence-electron chi connectivity index (χ1n) is 7.53. The summed E-state index contributed by atoms with van der Waals surface area (Å²) >= 11 is 0. The number of hydrogen-bond acceptors (Lipinski definition) is 5. The highest BCUT2D eigenvalue weighted by atomic mass is 16.6. The summed E-state index contributed by atoms with van der Waals surface area (Å²) in [6.45, 7) is 11.2. The van der Waals surface area contributed by atoms with Crippen molar-refractivity contribution in [1.29, 1.82) is 0 Å². The largest absolute Gasteiger partial charge is 0.444 e. The lowest BCUT2D eigenvalue weighted by atomic mass is 10.0. The maximum Gasteiger partial charge on any atom is 0.410 e. The lowest BCUT2D eigenvalue weighted by molar-refractivity contribution is -0.00409. The number of carbonyl (C=O) groups is 2. The van der Waals surface area contributed by atoms with Crippen LogP contribution in [0.2, 0.25) is 0 Å². The molecule has 2 unspecified atom stereocenters. The average molecular weight is 316 g/mol. The second-order valence-electron chi connectivity index (χ2n) is 7.54. The molecule has 0 saturated carbocycles. The van der Waals surface area contributed by atoms with Crippen LogP contribution in [0, 0.1) is 0 Å². The zero-order valence-corrected chi connectivity index (χ0v) is 14.3. The van der Waals surface area contributed by atoms with Crippen molar-refractivity contribution in [1.82, 2.24) is 10.2 Å². The Bertz CT molecular complexity index is 411. The molecular formula is C15H28N2O5. The van der Waals surface area contributed by atoms with Gasteiger partial charge in [0.2, 0.25) is 0 Å². The van der Waals surface area contributed by atoms with Crippen LogP contribution in [0.25, 0.3) is 0 Å². The number of piperidine rings is 1. The number of nitrogens with zero attached hydrogens (tertiary/aromatic N) is 1. The van der Waals surface area contributed by atoms with Crippen molar-refractivity contribution in [2.75, 3.05) is 13.1 Å². The van der Waals surface area contributed by atoms with Gasteiger partial charge in [-0.2, -0.15) is 0 Å². The number of rotatable bonds is 1. The minimum absolute atomic E-state index is 0.190. The van der Waals surface area contributed by atoms with Gasteiger partial charge in [-0.05, 0) is 48.0 Å². The molecule has 0 bridgehead atoms. The normalized spacial score (nSPS) is 23.0.